The first-order chi connectivity index (χ1) is 24.5. The largest absolute Gasteiger partial charge is 0.309 e. The van der Waals surface area contributed by atoms with Gasteiger partial charge in [-0.15, -0.1) is 0 Å². The van der Waals surface area contributed by atoms with E-state index in [4.69, 9.17) is 4.98 Å². The molecule has 0 atom stereocenters. The zero-order valence-electron chi connectivity index (χ0n) is 28.1. The second-order valence-electron chi connectivity index (χ2n) is 14.1. The standard InChI is InChI=1S/C48H34N2/c1-48(2)43-17-9-6-14-39(43)40-23-22-33(28-44(40)48)36-25-35(32-20-21-34-29-45(49-30-37(34)24-32)31-12-4-3-5-13-31)26-38(27-36)50-46-18-10-7-15-41(46)42-16-8-11-19-47(42)50/h3-30H,1-2H3. The van der Waals surface area contributed by atoms with E-state index in [0.29, 0.717) is 0 Å². The van der Waals surface area contributed by atoms with Gasteiger partial charge in [-0.3, -0.25) is 4.98 Å². The van der Waals surface area contributed by atoms with Crippen molar-refractivity contribution in [2.45, 2.75) is 19.3 Å². The van der Waals surface area contributed by atoms with E-state index >= 15 is 0 Å². The van der Waals surface area contributed by atoms with Gasteiger partial charge in [-0.2, -0.15) is 0 Å². The molecule has 2 aromatic heterocycles. The lowest BCUT2D eigenvalue weighted by molar-refractivity contribution is 0.660. The lowest BCUT2D eigenvalue weighted by Gasteiger charge is -2.22. The second-order valence-corrected chi connectivity index (χ2v) is 14.1. The fourth-order valence-corrected chi connectivity index (χ4v) is 8.25. The minimum absolute atomic E-state index is 0.0703. The van der Waals surface area contributed by atoms with Gasteiger partial charge in [0.25, 0.3) is 0 Å². The average molecular weight is 639 g/mol. The third-order valence-electron chi connectivity index (χ3n) is 10.8. The van der Waals surface area contributed by atoms with Crippen LogP contribution in [0.4, 0.5) is 0 Å². The van der Waals surface area contributed by atoms with E-state index in [9.17, 15) is 0 Å². The summed E-state index contributed by atoms with van der Waals surface area (Å²) in [6.07, 6.45) is 2.01. The fourth-order valence-electron chi connectivity index (χ4n) is 8.25. The molecule has 1 aliphatic rings. The normalized spacial score (nSPS) is 13.2. The molecule has 0 radical (unpaired) electrons. The van der Waals surface area contributed by atoms with E-state index < -0.39 is 0 Å². The molecule has 2 heterocycles. The molecular weight excluding hydrogens is 605 g/mol. The molecule has 50 heavy (non-hydrogen) atoms. The Morgan fingerprint density at radius 2 is 1.06 bits per heavy atom. The Balaban J connectivity index is 1.18. The molecule has 0 bridgehead atoms. The molecule has 9 aromatic rings. The van der Waals surface area contributed by atoms with Gasteiger partial charge in [-0.25, -0.2) is 0 Å². The Morgan fingerprint density at radius 1 is 0.440 bits per heavy atom. The summed E-state index contributed by atoms with van der Waals surface area (Å²) in [7, 11) is 0. The highest BCUT2D eigenvalue weighted by Crippen LogP contribution is 2.50. The van der Waals surface area contributed by atoms with Gasteiger partial charge in [-0.05, 0) is 98.4 Å². The van der Waals surface area contributed by atoms with Crippen molar-refractivity contribution in [1.82, 2.24) is 9.55 Å². The lowest BCUT2D eigenvalue weighted by Crippen LogP contribution is -2.14. The van der Waals surface area contributed by atoms with Crippen LogP contribution in [0.1, 0.15) is 25.0 Å². The van der Waals surface area contributed by atoms with Gasteiger partial charge in [0.15, 0.2) is 0 Å². The molecular formula is C48H34N2. The fraction of sp³-hybridized carbons (Fsp3) is 0.0625. The highest BCUT2D eigenvalue weighted by molar-refractivity contribution is 6.09. The summed E-state index contributed by atoms with van der Waals surface area (Å²) < 4.78 is 2.43. The van der Waals surface area contributed by atoms with Crippen molar-refractivity contribution in [3.63, 3.8) is 0 Å². The Morgan fingerprint density at radius 3 is 1.82 bits per heavy atom. The minimum atomic E-state index is -0.0703. The number of fused-ring (bicyclic) bond motifs is 7. The number of nitrogens with zero attached hydrogens (tertiary/aromatic N) is 2. The third kappa shape index (κ3) is 4.38. The van der Waals surface area contributed by atoms with Gasteiger partial charge < -0.3 is 4.57 Å². The van der Waals surface area contributed by atoms with Gasteiger partial charge >= 0.3 is 0 Å². The van der Waals surface area contributed by atoms with Gasteiger partial charge in [0.05, 0.1) is 16.7 Å². The van der Waals surface area contributed by atoms with Gasteiger partial charge in [0.1, 0.15) is 0 Å². The summed E-state index contributed by atoms with van der Waals surface area (Å²) in [4.78, 5) is 4.86. The molecule has 2 nitrogen and oxygen atoms in total. The van der Waals surface area contributed by atoms with Crippen molar-refractivity contribution >= 4 is 32.6 Å². The Labute approximate surface area is 291 Å². The first kappa shape index (κ1) is 28.7. The summed E-state index contributed by atoms with van der Waals surface area (Å²) in [6, 6.07) is 59.9. The van der Waals surface area contributed by atoms with Crippen LogP contribution in [0.5, 0.6) is 0 Å². The van der Waals surface area contributed by atoms with E-state index in [-0.39, 0.29) is 5.41 Å². The van der Waals surface area contributed by atoms with Crippen molar-refractivity contribution in [3.8, 4) is 50.3 Å². The van der Waals surface area contributed by atoms with E-state index in [2.05, 4.69) is 176 Å². The first-order valence-corrected chi connectivity index (χ1v) is 17.4. The maximum Gasteiger partial charge on any atom is 0.0708 e. The highest BCUT2D eigenvalue weighted by Gasteiger charge is 2.35. The van der Waals surface area contributed by atoms with Crippen molar-refractivity contribution < 1.29 is 0 Å². The number of para-hydroxylation sites is 2. The molecule has 0 spiro atoms. The monoisotopic (exact) mass is 638 g/mol. The van der Waals surface area contributed by atoms with Crippen LogP contribution in [0.2, 0.25) is 0 Å². The smallest absolute Gasteiger partial charge is 0.0708 e. The predicted octanol–water partition coefficient (Wildman–Crippen LogP) is 12.6. The molecule has 0 unspecified atom stereocenters. The molecule has 2 heteroatoms. The summed E-state index contributed by atoms with van der Waals surface area (Å²) in [5.41, 5.74) is 15.8. The van der Waals surface area contributed by atoms with E-state index in [1.807, 2.05) is 12.3 Å². The number of benzene rings is 7. The number of hydrogen-bond donors (Lipinski definition) is 0. The van der Waals surface area contributed by atoms with Crippen molar-refractivity contribution in [1.29, 1.82) is 0 Å². The number of hydrogen-bond acceptors (Lipinski definition) is 1. The number of aromatic nitrogens is 2. The summed E-state index contributed by atoms with van der Waals surface area (Å²) >= 11 is 0. The van der Waals surface area contributed by atoms with Crippen LogP contribution in [0, 0.1) is 0 Å². The van der Waals surface area contributed by atoms with Gasteiger partial charge in [0, 0.05) is 39.0 Å². The summed E-state index contributed by atoms with van der Waals surface area (Å²) in [6.45, 7) is 4.71. The molecule has 0 N–H and O–H groups in total. The minimum Gasteiger partial charge on any atom is -0.309 e. The first-order valence-electron chi connectivity index (χ1n) is 17.4. The van der Waals surface area contributed by atoms with Gasteiger partial charge in [0.2, 0.25) is 0 Å². The molecule has 10 rings (SSSR count). The Bertz CT molecular complexity index is 2730. The molecule has 1 aliphatic carbocycles. The number of rotatable bonds is 4. The third-order valence-corrected chi connectivity index (χ3v) is 10.8. The average Bonchev–Trinajstić information content (AvgIpc) is 3.63. The zero-order valence-corrected chi connectivity index (χ0v) is 28.1. The van der Waals surface area contributed by atoms with E-state index in [1.165, 1.54) is 71.7 Å². The van der Waals surface area contributed by atoms with Crippen LogP contribution in [-0.4, -0.2) is 9.55 Å². The quantitative estimate of drug-likeness (QED) is 0.188. The van der Waals surface area contributed by atoms with E-state index in [0.717, 1.165) is 22.3 Å². The SMILES string of the molecule is CC1(C)c2ccccc2-c2ccc(-c3cc(-c4ccc5cc(-c6ccccc6)ncc5c4)cc(-n4c5ccccc5c5ccccc54)c3)cc21. The molecule has 0 saturated heterocycles. The van der Waals surface area contributed by atoms with Crippen LogP contribution in [0.25, 0.3) is 82.9 Å². The van der Waals surface area contributed by atoms with Crippen molar-refractivity contribution in [3.05, 3.63) is 181 Å². The van der Waals surface area contributed by atoms with Crippen LogP contribution in [-0.2, 0) is 5.41 Å². The molecule has 7 aromatic carbocycles. The van der Waals surface area contributed by atoms with Crippen molar-refractivity contribution in [2.24, 2.45) is 0 Å². The zero-order chi connectivity index (χ0) is 33.4. The van der Waals surface area contributed by atoms with Crippen LogP contribution in [0.15, 0.2) is 170 Å². The topological polar surface area (TPSA) is 17.8 Å². The summed E-state index contributed by atoms with van der Waals surface area (Å²) in [5, 5.41) is 4.83. The van der Waals surface area contributed by atoms with Crippen molar-refractivity contribution in [2.75, 3.05) is 0 Å². The van der Waals surface area contributed by atoms with E-state index in [1.54, 1.807) is 0 Å². The maximum atomic E-state index is 4.86. The predicted molar refractivity (Wildman–Crippen MR) is 210 cm³/mol. The molecule has 236 valence electrons. The van der Waals surface area contributed by atoms with Crippen LogP contribution < -0.4 is 0 Å². The molecule has 0 saturated carbocycles. The number of pyridine rings is 1. The molecule has 0 fully saturated rings. The molecule has 0 amide bonds. The second kappa shape index (κ2) is 10.9. The highest BCUT2D eigenvalue weighted by atomic mass is 15.0. The lowest BCUT2D eigenvalue weighted by atomic mass is 9.81. The summed E-state index contributed by atoms with van der Waals surface area (Å²) in [5.74, 6) is 0. The van der Waals surface area contributed by atoms with Gasteiger partial charge in [-0.1, -0.05) is 129 Å². The Hall–Kier alpha value is -6.25. The van der Waals surface area contributed by atoms with Crippen LogP contribution >= 0.6 is 0 Å². The van der Waals surface area contributed by atoms with Crippen LogP contribution in [0.3, 0.4) is 0 Å². The Kier molecular flexibility index (Phi) is 6.25. The molecule has 0 aliphatic heterocycles. The maximum absolute atomic E-state index is 4.86.